The molecule has 0 unspecified atom stereocenters. The van der Waals surface area contributed by atoms with Crippen LogP contribution < -0.4 is 5.32 Å². The number of nitrogens with one attached hydrogen (secondary N) is 1. The Balaban J connectivity index is 0.00000200. The van der Waals surface area contributed by atoms with Crippen LogP contribution in [0.25, 0.3) is 0 Å². The van der Waals surface area contributed by atoms with Crippen LogP contribution in [0, 0.1) is 11.6 Å². The summed E-state index contributed by atoms with van der Waals surface area (Å²) in [4.78, 5) is 2.10. The van der Waals surface area contributed by atoms with E-state index in [2.05, 4.69) is 32.7 Å². The fourth-order valence-electron chi connectivity index (χ4n) is 2.47. The van der Waals surface area contributed by atoms with Crippen LogP contribution in [0.15, 0.2) is 29.3 Å². The maximum atomic E-state index is 14.1. The van der Waals surface area contributed by atoms with E-state index in [9.17, 15) is 8.78 Å². The molecule has 1 aromatic carbocycles. The molecule has 1 heterocycles. The largest absolute Gasteiger partial charge is 0.314 e. The molecule has 0 aliphatic carbocycles. The molecule has 1 aromatic rings. The van der Waals surface area contributed by atoms with Crippen molar-refractivity contribution in [1.29, 1.82) is 0 Å². The second kappa shape index (κ2) is 8.08. The predicted molar refractivity (Wildman–Crippen MR) is 83.3 cm³/mol. The van der Waals surface area contributed by atoms with Crippen LogP contribution in [0.1, 0.15) is 18.0 Å². The van der Waals surface area contributed by atoms with Gasteiger partial charge in [-0.25, -0.2) is 8.78 Å². The SMILES string of the molecule is C=CC[C@@H](c1c(F)cc(Br)cc1F)N1CCNCC1.Cl. The summed E-state index contributed by atoms with van der Waals surface area (Å²) >= 11 is 3.11. The summed E-state index contributed by atoms with van der Waals surface area (Å²) in [6.07, 6.45) is 2.25. The number of piperazine rings is 1. The van der Waals surface area contributed by atoms with Crippen molar-refractivity contribution in [3.63, 3.8) is 0 Å². The van der Waals surface area contributed by atoms with Gasteiger partial charge in [-0.2, -0.15) is 0 Å². The third-order valence-corrected chi connectivity index (χ3v) is 3.82. The lowest BCUT2D eigenvalue weighted by Gasteiger charge is -2.35. The van der Waals surface area contributed by atoms with E-state index in [1.807, 2.05) is 0 Å². The zero-order valence-electron chi connectivity index (χ0n) is 11.0. The summed E-state index contributed by atoms with van der Waals surface area (Å²) in [5, 5.41) is 3.24. The number of rotatable bonds is 4. The van der Waals surface area contributed by atoms with Gasteiger partial charge in [0.15, 0.2) is 0 Å². The highest BCUT2D eigenvalue weighted by Crippen LogP contribution is 2.31. The van der Waals surface area contributed by atoms with Crippen LogP contribution in [0.4, 0.5) is 8.78 Å². The molecule has 0 spiro atoms. The van der Waals surface area contributed by atoms with Gasteiger partial charge in [0.25, 0.3) is 0 Å². The van der Waals surface area contributed by atoms with E-state index < -0.39 is 11.6 Å². The molecular formula is C14H18BrClF2N2. The highest BCUT2D eigenvalue weighted by molar-refractivity contribution is 9.10. The van der Waals surface area contributed by atoms with E-state index in [0.717, 1.165) is 26.2 Å². The van der Waals surface area contributed by atoms with Crippen LogP contribution in [-0.4, -0.2) is 31.1 Å². The lowest BCUT2D eigenvalue weighted by Crippen LogP contribution is -2.45. The summed E-state index contributed by atoms with van der Waals surface area (Å²) < 4.78 is 28.6. The van der Waals surface area contributed by atoms with E-state index in [1.54, 1.807) is 6.08 Å². The van der Waals surface area contributed by atoms with Gasteiger partial charge in [-0.15, -0.1) is 19.0 Å². The molecule has 0 bridgehead atoms. The molecule has 6 heteroatoms. The average molecular weight is 368 g/mol. The predicted octanol–water partition coefficient (Wildman–Crippen LogP) is 3.67. The van der Waals surface area contributed by atoms with E-state index in [1.165, 1.54) is 12.1 Å². The van der Waals surface area contributed by atoms with Crippen LogP contribution in [0.2, 0.25) is 0 Å². The summed E-state index contributed by atoms with van der Waals surface area (Å²) in [5.41, 5.74) is 0.144. The van der Waals surface area contributed by atoms with E-state index >= 15 is 0 Å². The Bertz CT molecular complexity index is 441. The molecule has 112 valence electrons. The molecule has 20 heavy (non-hydrogen) atoms. The van der Waals surface area contributed by atoms with Crippen molar-refractivity contribution in [3.05, 3.63) is 46.5 Å². The van der Waals surface area contributed by atoms with Crippen molar-refractivity contribution >= 4 is 28.3 Å². The van der Waals surface area contributed by atoms with Gasteiger partial charge >= 0.3 is 0 Å². The number of hydrogen-bond acceptors (Lipinski definition) is 2. The smallest absolute Gasteiger partial charge is 0.132 e. The van der Waals surface area contributed by atoms with Gasteiger partial charge in [-0.3, -0.25) is 4.90 Å². The molecular weight excluding hydrogens is 350 g/mol. The Morgan fingerprint density at radius 3 is 2.35 bits per heavy atom. The monoisotopic (exact) mass is 366 g/mol. The minimum atomic E-state index is -0.503. The summed E-state index contributed by atoms with van der Waals surface area (Å²) in [5.74, 6) is -1.01. The van der Waals surface area contributed by atoms with E-state index in [4.69, 9.17) is 0 Å². The minimum Gasteiger partial charge on any atom is -0.314 e. The molecule has 2 rings (SSSR count). The number of halogens is 4. The Hall–Kier alpha value is -0.490. The van der Waals surface area contributed by atoms with Crippen molar-refractivity contribution in [3.8, 4) is 0 Å². The summed E-state index contributed by atoms with van der Waals surface area (Å²) in [7, 11) is 0. The fourth-order valence-corrected chi connectivity index (χ4v) is 2.87. The van der Waals surface area contributed by atoms with Crippen molar-refractivity contribution < 1.29 is 8.78 Å². The first kappa shape index (κ1) is 17.6. The summed E-state index contributed by atoms with van der Waals surface area (Å²) in [6, 6.07) is 2.35. The molecule has 1 aliphatic rings. The summed E-state index contributed by atoms with van der Waals surface area (Å²) in [6.45, 7) is 6.95. The molecule has 0 radical (unpaired) electrons. The van der Waals surface area contributed by atoms with Gasteiger partial charge in [0.05, 0.1) is 0 Å². The van der Waals surface area contributed by atoms with Crippen molar-refractivity contribution in [2.75, 3.05) is 26.2 Å². The first-order chi connectivity index (χ1) is 9.13. The highest BCUT2D eigenvalue weighted by atomic mass is 79.9. The van der Waals surface area contributed by atoms with Crippen LogP contribution in [0.5, 0.6) is 0 Å². The van der Waals surface area contributed by atoms with Gasteiger partial charge < -0.3 is 5.32 Å². The average Bonchev–Trinajstić information content (AvgIpc) is 2.37. The third kappa shape index (κ3) is 4.01. The zero-order valence-corrected chi connectivity index (χ0v) is 13.4. The first-order valence-corrected chi connectivity index (χ1v) is 7.13. The fraction of sp³-hybridized carbons (Fsp3) is 0.429. The highest BCUT2D eigenvalue weighted by Gasteiger charge is 2.26. The molecule has 1 N–H and O–H groups in total. The Morgan fingerprint density at radius 2 is 1.85 bits per heavy atom. The molecule has 1 saturated heterocycles. The molecule has 1 atom stereocenters. The van der Waals surface area contributed by atoms with Crippen LogP contribution >= 0.6 is 28.3 Å². The standard InChI is InChI=1S/C14H17BrF2N2.ClH/c1-2-3-13(19-6-4-18-5-7-19)14-11(16)8-10(15)9-12(14)17;/h2,8-9,13,18H,1,3-7H2;1H/t13-;/m0./s1. The molecule has 2 nitrogen and oxygen atoms in total. The topological polar surface area (TPSA) is 15.3 Å². The van der Waals surface area contributed by atoms with Gasteiger partial charge in [0, 0.05) is 42.3 Å². The minimum absolute atomic E-state index is 0. The molecule has 1 fully saturated rings. The van der Waals surface area contributed by atoms with Gasteiger partial charge in [-0.1, -0.05) is 22.0 Å². The van der Waals surface area contributed by atoms with E-state index in [-0.39, 0.29) is 24.0 Å². The van der Waals surface area contributed by atoms with Gasteiger partial charge in [-0.05, 0) is 18.6 Å². The molecule has 1 aliphatic heterocycles. The van der Waals surface area contributed by atoms with Crippen molar-refractivity contribution in [2.24, 2.45) is 0 Å². The third-order valence-electron chi connectivity index (χ3n) is 3.36. The van der Waals surface area contributed by atoms with Crippen LogP contribution in [0.3, 0.4) is 0 Å². The zero-order chi connectivity index (χ0) is 13.8. The quantitative estimate of drug-likeness (QED) is 0.817. The maximum Gasteiger partial charge on any atom is 0.132 e. The van der Waals surface area contributed by atoms with Gasteiger partial charge in [0.2, 0.25) is 0 Å². The van der Waals surface area contributed by atoms with E-state index in [0.29, 0.717) is 10.9 Å². The molecule has 0 saturated carbocycles. The lowest BCUT2D eigenvalue weighted by atomic mass is 10.00. The second-order valence-electron chi connectivity index (χ2n) is 4.61. The molecule has 0 amide bonds. The Labute approximate surface area is 132 Å². The van der Waals surface area contributed by atoms with Crippen molar-refractivity contribution in [2.45, 2.75) is 12.5 Å². The number of benzene rings is 1. The number of hydrogen-bond donors (Lipinski definition) is 1. The van der Waals surface area contributed by atoms with Crippen LogP contribution in [-0.2, 0) is 0 Å². The second-order valence-corrected chi connectivity index (χ2v) is 5.52. The van der Waals surface area contributed by atoms with Crippen molar-refractivity contribution in [1.82, 2.24) is 10.2 Å². The molecule has 0 aromatic heterocycles. The first-order valence-electron chi connectivity index (χ1n) is 6.33. The lowest BCUT2D eigenvalue weighted by molar-refractivity contribution is 0.168. The van der Waals surface area contributed by atoms with Gasteiger partial charge in [0.1, 0.15) is 11.6 Å². The Morgan fingerprint density at radius 1 is 1.30 bits per heavy atom. The maximum absolute atomic E-state index is 14.1. The normalized spacial score (nSPS) is 17.4. The Kier molecular flexibility index (Phi) is 7.09. The number of nitrogens with zero attached hydrogens (tertiary/aromatic N) is 1.